The van der Waals surface area contributed by atoms with Crippen LogP contribution < -0.4 is 5.32 Å². The Balaban J connectivity index is 1.56. The molecule has 0 aromatic heterocycles. The van der Waals surface area contributed by atoms with Gasteiger partial charge in [-0.25, -0.2) is 0 Å². The molecular formula is C16H23NO. The highest BCUT2D eigenvalue weighted by molar-refractivity contribution is 5.31. The van der Waals surface area contributed by atoms with Crippen LogP contribution in [0, 0.1) is 17.8 Å². The smallest absolute Gasteiger partial charge is 0.120 e. The van der Waals surface area contributed by atoms with Crippen LogP contribution in [0.25, 0.3) is 0 Å². The van der Waals surface area contributed by atoms with Crippen molar-refractivity contribution in [3.8, 4) is 5.75 Å². The molecule has 2 fully saturated rings. The van der Waals surface area contributed by atoms with Crippen molar-refractivity contribution in [2.24, 2.45) is 17.8 Å². The van der Waals surface area contributed by atoms with Crippen LogP contribution in [-0.2, 0) is 6.54 Å². The molecular weight excluding hydrogens is 222 g/mol. The van der Waals surface area contributed by atoms with Crippen molar-refractivity contribution in [2.75, 3.05) is 0 Å². The summed E-state index contributed by atoms with van der Waals surface area (Å²) in [6.07, 6.45) is 5.79. The largest absolute Gasteiger partial charge is 0.508 e. The molecule has 18 heavy (non-hydrogen) atoms. The average Bonchev–Trinajstić information content (AvgIpc) is 2.99. The summed E-state index contributed by atoms with van der Waals surface area (Å²) in [6, 6.07) is 8.19. The van der Waals surface area contributed by atoms with Crippen LogP contribution in [-0.4, -0.2) is 11.1 Å². The Kier molecular flexibility index (Phi) is 3.29. The van der Waals surface area contributed by atoms with E-state index in [1.54, 1.807) is 6.07 Å². The van der Waals surface area contributed by atoms with Crippen molar-refractivity contribution in [1.82, 2.24) is 5.32 Å². The molecule has 2 saturated carbocycles. The summed E-state index contributed by atoms with van der Waals surface area (Å²) in [5.41, 5.74) is 1.01. The Morgan fingerprint density at radius 3 is 2.78 bits per heavy atom. The zero-order valence-electron chi connectivity index (χ0n) is 11.1. The maximum atomic E-state index is 9.75. The summed E-state index contributed by atoms with van der Waals surface area (Å²) in [5.74, 6) is 3.23. The van der Waals surface area contributed by atoms with Crippen LogP contribution in [0.5, 0.6) is 5.75 Å². The summed E-state index contributed by atoms with van der Waals surface area (Å²) < 4.78 is 0. The predicted molar refractivity (Wildman–Crippen MR) is 73.3 cm³/mol. The molecule has 0 radical (unpaired) electrons. The molecule has 2 N–H and O–H groups in total. The summed E-state index contributed by atoms with van der Waals surface area (Å²) in [5, 5.41) is 13.4. The van der Waals surface area contributed by atoms with E-state index in [1.807, 2.05) is 18.2 Å². The third kappa shape index (κ3) is 2.26. The minimum Gasteiger partial charge on any atom is -0.508 e. The highest BCUT2D eigenvalue weighted by atomic mass is 16.3. The van der Waals surface area contributed by atoms with Crippen LogP contribution in [0.2, 0.25) is 0 Å². The first-order valence-electron chi connectivity index (χ1n) is 7.24. The maximum Gasteiger partial charge on any atom is 0.120 e. The monoisotopic (exact) mass is 245 g/mol. The minimum absolute atomic E-state index is 0.408. The maximum absolute atomic E-state index is 9.75. The van der Waals surface area contributed by atoms with Gasteiger partial charge >= 0.3 is 0 Å². The summed E-state index contributed by atoms with van der Waals surface area (Å²) in [7, 11) is 0. The Hall–Kier alpha value is -1.02. The van der Waals surface area contributed by atoms with Gasteiger partial charge in [0.25, 0.3) is 0 Å². The fourth-order valence-corrected chi connectivity index (χ4v) is 3.99. The molecule has 0 amide bonds. The lowest BCUT2D eigenvalue weighted by molar-refractivity contribution is 0.259. The standard InChI is InChI=1S/C16H23NO/c1-11(15-9-12-6-7-13(15)8-12)17-10-14-4-2-3-5-16(14)18/h2-5,11-13,15,17-18H,6-10H2,1H3/t11-,12+,13+,15-/m0/s1. The lowest BCUT2D eigenvalue weighted by atomic mass is 9.84. The van der Waals surface area contributed by atoms with E-state index in [9.17, 15) is 5.11 Å². The van der Waals surface area contributed by atoms with Crippen molar-refractivity contribution in [3.05, 3.63) is 29.8 Å². The summed E-state index contributed by atoms with van der Waals surface area (Å²) in [6.45, 7) is 3.09. The van der Waals surface area contributed by atoms with Gasteiger partial charge in [-0.15, -0.1) is 0 Å². The molecule has 0 aliphatic heterocycles. The van der Waals surface area contributed by atoms with Gasteiger partial charge in [0, 0.05) is 18.2 Å². The number of benzene rings is 1. The van der Waals surface area contributed by atoms with Crippen molar-refractivity contribution < 1.29 is 5.11 Å². The van der Waals surface area contributed by atoms with E-state index < -0.39 is 0 Å². The average molecular weight is 245 g/mol. The van der Waals surface area contributed by atoms with Crippen LogP contribution in [0.4, 0.5) is 0 Å². The lowest BCUT2D eigenvalue weighted by Gasteiger charge is -2.28. The number of fused-ring (bicyclic) bond motifs is 2. The van der Waals surface area contributed by atoms with Crippen LogP contribution in [0.15, 0.2) is 24.3 Å². The van der Waals surface area contributed by atoms with Crippen molar-refractivity contribution >= 4 is 0 Å². The molecule has 0 saturated heterocycles. The van der Waals surface area contributed by atoms with E-state index in [0.717, 1.165) is 29.9 Å². The molecule has 4 atom stereocenters. The highest BCUT2D eigenvalue weighted by Gasteiger charge is 2.41. The Morgan fingerprint density at radius 2 is 2.11 bits per heavy atom. The van der Waals surface area contributed by atoms with E-state index in [0.29, 0.717) is 11.8 Å². The Morgan fingerprint density at radius 1 is 1.28 bits per heavy atom. The van der Waals surface area contributed by atoms with Gasteiger partial charge in [0.1, 0.15) is 5.75 Å². The molecule has 98 valence electrons. The number of rotatable bonds is 4. The number of para-hydroxylation sites is 1. The van der Waals surface area contributed by atoms with Crippen molar-refractivity contribution in [3.63, 3.8) is 0 Å². The van der Waals surface area contributed by atoms with E-state index in [2.05, 4.69) is 12.2 Å². The van der Waals surface area contributed by atoms with Gasteiger partial charge in [0.05, 0.1) is 0 Å². The predicted octanol–water partition coefficient (Wildman–Crippen LogP) is 3.31. The van der Waals surface area contributed by atoms with E-state index in [1.165, 1.54) is 25.7 Å². The SMILES string of the molecule is C[C@H](NCc1ccccc1O)[C@@H]1C[C@@H]2CC[C@@H]1C2. The van der Waals surface area contributed by atoms with Gasteiger partial charge in [0.2, 0.25) is 0 Å². The van der Waals surface area contributed by atoms with E-state index in [4.69, 9.17) is 0 Å². The Bertz CT molecular complexity index is 417. The minimum atomic E-state index is 0.408. The van der Waals surface area contributed by atoms with Gasteiger partial charge in [-0.2, -0.15) is 0 Å². The number of hydrogen-bond acceptors (Lipinski definition) is 2. The topological polar surface area (TPSA) is 32.3 Å². The van der Waals surface area contributed by atoms with Crippen LogP contribution >= 0.6 is 0 Å². The molecule has 0 unspecified atom stereocenters. The normalized spacial score (nSPS) is 31.7. The zero-order chi connectivity index (χ0) is 12.5. The summed E-state index contributed by atoms with van der Waals surface area (Å²) >= 11 is 0. The summed E-state index contributed by atoms with van der Waals surface area (Å²) in [4.78, 5) is 0. The number of phenolic OH excluding ortho intramolecular Hbond substituents is 1. The fraction of sp³-hybridized carbons (Fsp3) is 0.625. The molecule has 3 rings (SSSR count). The highest BCUT2D eigenvalue weighted by Crippen LogP contribution is 2.49. The third-order valence-electron chi connectivity index (χ3n) is 5.04. The lowest BCUT2D eigenvalue weighted by Crippen LogP contribution is -2.35. The second-order valence-corrected chi connectivity index (χ2v) is 6.14. The zero-order valence-corrected chi connectivity index (χ0v) is 11.1. The number of aromatic hydroxyl groups is 1. The van der Waals surface area contributed by atoms with E-state index in [-0.39, 0.29) is 0 Å². The molecule has 0 spiro atoms. The molecule has 2 nitrogen and oxygen atoms in total. The second kappa shape index (κ2) is 4.93. The van der Waals surface area contributed by atoms with Gasteiger partial charge in [-0.05, 0) is 50.0 Å². The second-order valence-electron chi connectivity index (χ2n) is 6.14. The number of phenols is 1. The van der Waals surface area contributed by atoms with Crippen LogP contribution in [0.1, 0.15) is 38.2 Å². The molecule has 0 heterocycles. The van der Waals surface area contributed by atoms with Crippen molar-refractivity contribution in [2.45, 2.75) is 45.2 Å². The fourth-order valence-electron chi connectivity index (χ4n) is 3.99. The van der Waals surface area contributed by atoms with Crippen molar-refractivity contribution in [1.29, 1.82) is 0 Å². The molecule has 2 aliphatic carbocycles. The first-order chi connectivity index (χ1) is 8.74. The third-order valence-corrected chi connectivity index (χ3v) is 5.04. The molecule has 2 bridgehead atoms. The number of nitrogens with one attached hydrogen (secondary N) is 1. The molecule has 1 aromatic carbocycles. The molecule has 2 heteroatoms. The van der Waals surface area contributed by atoms with Crippen LogP contribution in [0.3, 0.4) is 0 Å². The molecule has 2 aliphatic rings. The van der Waals surface area contributed by atoms with Gasteiger partial charge in [-0.1, -0.05) is 24.6 Å². The molecule has 1 aromatic rings. The number of hydrogen-bond donors (Lipinski definition) is 2. The first kappa shape index (κ1) is 12.0. The Labute approximate surface area is 109 Å². The quantitative estimate of drug-likeness (QED) is 0.853. The van der Waals surface area contributed by atoms with E-state index >= 15 is 0 Å². The van der Waals surface area contributed by atoms with Gasteiger partial charge in [-0.3, -0.25) is 0 Å². The van der Waals surface area contributed by atoms with Gasteiger partial charge in [0.15, 0.2) is 0 Å². The van der Waals surface area contributed by atoms with Gasteiger partial charge < -0.3 is 10.4 Å². The first-order valence-corrected chi connectivity index (χ1v) is 7.24.